The van der Waals surface area contributed by atoms with Gasteiger partial charge in [0, 0.05) is 13.1 Å². The van der Waals surface area contributed by atoms with E-state index in [2.05, 4.69) is 10.1 Å². The van der Waals surface area contributed by atoms with Gasteiger partial charge in [0.1, 0.15) is 5.82 Å². The topological polar surface area (TPSA) is 60.2 Å². The molecule has 1 saturated heterocycles. The molecule has 140 valence electrons. The van der Waals surface area contributed by atoms with E-state index in [1.807, 2.05) is 31.4 Å². The normalized spacial score (nSPS) is 20.0. The lowest BCUT2D eigenvalue weighted by molar-refractivity contribution is -0.0588. The molecule has 0 aliphatic carbocycles. The number of aromatic nitrogens is 3. The Bertz CT molecular complexity index is 929. The number of amides is 1. The van der Waals surface area contributed by atoms with Crippen molar-refractivity contribution < 1.29 is 13.9 Å². The molecule has 0 N–H and O–H groups in total. The van der Waals surface area contributed by atoms with Crippen LogP contribution in [0.25, 0.3) is 16.4 Å². The summed E-state index contributed by atoms with van der Waals surface area (Å²) in [6.45, 7) is 4.89. The average Bonchev–Trinajstić information content (AvgIpc) is 3.30. The van der Waals surface area contributed by atoms with Crippen LogP contribution in [0.5, 0.6) is 0 Å². The number of thiophene rings is 1. The molecule has 1 aromatic carbocycles. The largest absolute Gasteiger partial charge is 0.372 e. The minimum Gasteiger partial charge on any atom is -0.372 e. The zero-order valence-corrected chi connectivity index (χ0v) is 15.8. The molecule has 27 heavy (non-hydrogen) atoms. The van der Waals surface area contributed by atoms with Crippen LogP contribution in [-0.2, 0) is 4.74 Å². The van der Waals surface area contributed by atoms with Crippen LogP contribution in [0.3, 0.4) is 0 Å². The van der Waals surface area contributed by atoms with Crippen LogP contribution in [0.4, 0.5) is 4.39 Å². The molecule has 2 atom stereocenters. The summed E-state index contributed by atoms with van der Waals surface area (Å²) in [5, 5.41) is 6.39. The van der Waals surface area contributed by atoms with E-state index in [1.54, 1.807) is 21.7 Å². The minimum atomic E-state index is -0.330. The van der Waals surface area contributed by atoms with Gasteiger partial charge in [0.25, 0.3) is 5.91 Å². The van der Waals surface area contributed by atoms with Crippen molar-refractivity contribution in [1.29, 1.82) is 0 Å². The average molecular weight is 386 g/mol. The molecule has 2 aromatic heterocycles. The second-order valence-corrected chi connectivity index (χ2v) is 7.54. The molecule has 0 saturated carbocycles. The van der Waals surface area contributed by atoms with E-state index in [9.17, 15) is 9.18 Å². The molecule has 4 rings (SSSR count). The Balaban J connectivity index is 1.73. The lowest BCUT2D eigenvalue weighted by Crippen LogP contribution is -2.48. The predicted molar refractivity (Wildman–Crippen MR) is 101 cm³/mol. The van der Waals surface area contributed by atoms with Gasteiger partial charge >= 0.3 is 0 Å². The molecule has 1 aliphatic heterocycles. The predicted octanol–water partition coefficient (Wildman–Crippen LogP) is 3.38. The zero-order chi connectivity index (χ0) is 19.0. The summed E-state index contributed by atoms with van der Waals surface area (Å²) in [5.41, 5.74) is 0.648. The van der Waals surface area contributed by atoms with Crippen molar-refractivity contribution in [3.05, 3.63) is 53.4 Å². The third kappa shape index (κ3) is 3.63. The van der Waals surface area contributed by atoms with Gasteiger partial charge < -0.3 is 9.64 Å². The first-order valence-electron chi connectivity index (χ1n) is 8.73. The fraction of sp³-hybridized carbons (Fsp3) is 0.316. The lowest BCUT2D eigenvalue weighted by atomic mass is 10.2. The first-order chi connectivity index (χ1) is 13.0. The summed E-state index contributed by atoms with van der Waals surface area (Å²) in [5.74, 6) is 0.137. The van der Waals surface area contributed by atoms with Gasteiger partial charge in [0.2, 0.25) is 5.82 Å². The van der Waals surface area contributed by atoms with E-state index in [4.69, 9.17) is 4.74 Å². The Morgan fingerprint density at radius 1 is 1.19 bits per heavy atom. The van der Waals surface area contributed by atoms with Gasteiger partial charge in [-0.15, -0.1) is 16.4 Å². The van der Waals surface area contributed by atoms with Gasteiger partial charge in [0.05, 0.1) is 22.8 Å². The van der Waals surface area contributed by atoms with Crippen molar-refractivity contribution in [2.45, 2.75) is 26.1 Å². The molecule has 0 spiro atoms. The van der Waals surface area contributed by atoms with Crippen LogP contribution < -0.4 is 0 Å². The van der Waals surface area contributed by atoms with Crippen LogP contribution in [0.2, 0.25) is 0 Å². The van der Waals surface area contributed by atoms with Crippen molar-refractivity contribution in [2.24, 2.45) is 0 Å². The molecular weight excluding hydrogens is 367 g/mol. The van der Waals surface area contributed by atoms with Crippen molar-refractivity contribution in [3.8, 4) is 16.4 Å². The molecule has 3 aromatic rings. The maximum atomic E-state index is 13.3. The van der Waals surface area contributed by atoms with Gasteiger partial charge in [-0.25, -0.2) is 14.1 Å². The minimum absolute atomic E-state index is 0.0337. The van der Waals surface area contributed by atoms with Gasteiger partial charge in [-0.1, -0.05) is 6.07 Å². The first-order valence-corrected chi connectivity index (χ1v) is 9.61. The third-order valence-corrected chi connectivity index (χ3v) is 5.18. The van der Waals surface area contributed by atoms with E-state index in [1.165, 1.54) is 23.5 Å². The quantitative estimate of drug-likeness (QED) is 0.692. The van der Waals surface area contributed by atoms with Gasteiger partial charge in [0.15, 0.2) is 5.82 Å². The van der Waals surface area contributed by atoms with E-state index in [0.717, 1.165) is 4.88 Å². The number of morpholine rings is 1. The number of carbonyl (C=O) groups excluding carboxylic acids is 1. The van der Waals surface area contributed by atoms with Gasteiger partial charge in [-0.05, 0) is 49.6 Å². The standard InChI is InChI=1S/C19H19FN4O2S/c1-12-10-23(11-13(2)26-12)19(25)17-21-18(16-4-3-9-27-16)24(22-17)15-7-5-14(20)6-8-15/h3-9,12-13H,10-11H2,1-2H3/t12-,13-/m0/s1. The van der Waals surface area contributed by atoms with E-state index < -0.39 is 0 Å². The molecule has 3 heterocycles. The molecule has 6 nitrogen and oxygen atoms in total. The van der Waals surface area contributed by atoms with Crippen LogP contribution in [0.15, 0.2) is 41.8 Å². The summed E-state index contributed by atoms with van der Waals surface area (Å²) in [4.78, 5) is 20.1. The van der Waals surface area contributed by atoms with Gasteiger partial charge in [-0.2, -0.15) is 0 Å². The Hall–Kier alpha value is -2.58. The van der Waals surface area contributed by atoms with Crippen LogP contribution in [-0.4, -0.2) is 50.9 Å². The highest BCUT2D eigenvalue weighted by atomic mass is 32.1. The summed E-state index contributed by atoms with van der Waals surface area (Å²) in [6.07, 6.45) is -0.0673. The van der Waals surface area contributed by atoms with Crippen molar-refractivity contribution in [2.75, 3.05) is 13.1 Å². The van der Waals surface area contributed by atoms with Crippen LogP contribution in [0.1, 0.15) is 24.5 Å². The summed E-state index contributed by atoms with van der Waals surface area (Å²) >= 11 is 1.51. The Kier molecular flexibility index (Phi) is 4.75. The van der Waals surface area contributed by atoms with Gasteiger partial charge in [-0.3, -0.25) is 4.79 Å². The molecule has 0 radical (unpaired) electrons. The van der Waals surface area contributed by atoms with Crippen molar-refractivity contribution in [3.63, 3.8) is 0 Å². The van der Waals surface area contributed by atoms with Crippen LogP contribution >= 0.6 is 11.3 Å². The number of ether oxygens (including phenoxy) is 1. The summed E-state index contributed by atoms with van der Waals surface area (Å²) < 4.78 is 20.6. The lowest BCUT2D eigenvalue weighted by Gasteiger charge is -2.34. The fourth-order valence-electron chi connectivity index (χ4n) is 3.22. The maximum Gasteiger partial charge on any atom is 0.293 e. The first kappa shape index (κ1) is 17.8. The molecular formula is C19H19FN4O2S. The zero-order valence-electron chi connectivity index (χ0n) is 15.0. The second-order valence-electron chi connectivity index (χ2n) is 6.59. The smallest absolute Gasteiger partial charge is 0.293 e. The highest BCUT2D eigenvalue weighted by molar-refractivity contribution is 7.13. The monoisotopic (exact) mass is 386 g/mol. The molecule has 1 fully saturated rings. The number of nitrogens with zero attached hydrogens (tertiary/aromatic N) is 4. The van der Waals surface area contributed by atoms with E-state index in [-0.39, 0.29) is 29.8 Å². The van der Waals surface area contributed by atoms with Crippen LogP contribution in [0, 0.1) is 5.82 Å². The number of benzene rings is 1. The molecule has 8 heteroatoms. The second kappa shape index (κ2) is 7.21. The fourth-order valence-corrected chi connectivity index (χ4v) is 3.91. The Morgan fingerprint density at radius 3 is 2.52 bits per heavy atom. The molecule has 1 amide bonds. The number of hydrogen-bond acceptors (Lipinski definition) is 5. The third-order valence-electron chi connectivity index (χ3n) is 4.32. The SMILES string of the molecule is C[C@H]1CN(C(=O)c2nc(-c3cccs3)n(-c3ccc(F)cc3)n2)C[C@H](C)O1. The van der Waals surface area contributed by atoms with E-state index in [0.29, 0.717) is 24.6 Å². The number of rotatable bonds is 3. The highest BCUT2D eigenvalue weighted by Gasteiger charge is 2.30. The maximum absolute atomic E-state index is 13.3. The van der Waals surface area contributed by atoms with E-state index >= 15 is 0 Å². The number of hydrogen-bond donors (Lipinski definition) is 0. The Morgan fingerprint density at radius 2 is 1.89 bits per heavy atom. The number of halogens is 1. The molecule has 1 aliphatic rings. The summed E-state index contributed by atoms with van der Waals surface area (Å²) in [7, 11) is 0. The van der Waals surface area contributed by atoms with Crippen molar-refractivity contribution >= 4 is 17.2 Å². The molecule has 0 bridgehead atoms. The number of carbonyl (C=O) groups is 1. The molecule has 0 unspecified atom stereocenters. The Labute approximate surface area is 160 Å². The van der Waals surface area contributed by atoms with Crippen molar-refractivity contribution in [1.82, 2.24) is 19.7 Å². The highest BCUT2D eigenvalue weighted by Crippen LogP contribution is 2.26. The summed E-state index contributed by atoms with van der Waals surface area (Å²) in [6, 6.07) is 9.80.